The first-order valence-corrected chi connectivity index (χ1v) is 13.0. The molecule has 0 radical (unpaired) electrons. The van der Waals surface area contributed by atoms with Crippen molar-refractivity contribution in [2.24, 2.45) is 11.5 Å². The van der Waals surface area contributed by atoms with Crippen molar-refractivity contribution < 1.29 is 26.6 Å². The molecular weight excluding hydrogens is 372 g/mol. The highest BCUT2D eigenvalue weighted by Crippen LogP contribution is 2.28. The molecule has 10 heteroatoms. The lowest BCUT2D eigenvalue weighted by Crippen LogP contribution is -2.46. The molecule has 0 aliphatic rings. The van der Waals surface area contributed by atoms with E-state index >= 15 is 0 Å². The van der Waals surface area contributed by atoms with Crippen LogP contribution in [0.3, 0.4) is 0 Å². The molecule has 0 aromatic carbocycles. The summed E-state index contributed by atoms with van der Waals surface area (Å²) in [6.07, 6.45) is 5.26. The van der Waals surface area contributed by atoms with Crippen LogP contribution in [0.1, 0.15) is 38.5 Å². The molecule has 0 atom stereocenters. The zero-order valence-corrected chi connectivity index (χ0v) is 19.5. The molecule has 0 saturated carbocycles. The molecule has 0 aromatic rings. The lowest BCUT2D eigenvalue weighted by molar-refractivity contribution is 0.120. The quantitative estimate of drug-likeness (QED) is 0.348. The average molecular weight is 413 g/mol. The molecule has 0 rings (SSSR count). The van der Waals surface area contributed by atoms with E-state index in [9.17, 15) is 0 Å². The highest BCUT2D eigenvalue weighted by Gasteiger charge is 2.40. The Hall–Kier alpha value is 0.114. The predicted molar refractivity (Wildman–Crippen MR) is 107 cm³/mol. The number of rotatable bonds is 17. The van der Waals surface area contributed by atoms with Crippen molar-refractivity contribution in [1.29, 1.82) is 0 Å². The van der Waals surface area contributed by atoms with Gasteiger partial charge in [0, 0.05) is 60.3 Å². The smallest absolute Gasteiger partial charge is 0.377 e. The van der Waals surface area contributed by atoms with E-state index in [1.807, 2.05) is 0 Å². The van der Waals surface area contributed by atoms with Gasteiger partial charge >= 0.3 is 17.6 Å². The van der Waals surface area contributed by atoms with E-state index in [-0.39, 0.29) is 5.54 Å². The molecule has 158 valence electrons. The summed E-state index contributed by atoms with van der Waals surface area (Å²) < 4.78 is 32.9. The normalized spacial score (nSPS) is 13.4. The highest BCUT2D eigenvalue weighted by molar-refractivity contribution is 6.60. The second-order valence-electron chi connectivity index (χ2n) is 6.55. The van der Waals surface area contributed by atoms with Gasteiger partial charge in [0.05, 0.1) is 0 Å². The Bertz CT molecular complexity index is 315. The van der Waals surface area contributed by atoms with Crippen LogP contribution in [0, 0.1) is 0 Å². The zero-order chi connectivity index (χ0) is 20.1. The van der Waals surface area contributed by atoms with Crippen molar-refractivity contribution in [3.05, 3.63) is 0 Å². The molecule has 0 amide bonds. The molecule has 0 fully saturated rings. The summed E-state index contributed by atoms with van der Waals surface area (Å²) in [5, 5.41) is 0. The van der Waals surface area contributed by atoms with Crippen molar-refractivity contribution >= 4 is 17.6 Å². The maximum atomic E-state index is 6.72. The van der Waals surface area contributed by atoms with Gasteiger partial charge in [-0.05, 0) is 45.1 Å². The van der Waals surface area contributed by atoms with Gasteiger partial charge in [0.2, 0.25) is 0 Å². The van der Waals surface area contributed by atoms with Crippen molar-refractivity contribution in [1.82, 2.24) is 0 Å². The molecule has 8 nitrogen and oxygen atoms in total. The Labute approximate surface area is 161 Å². The van der Waals surface area contributed by atoms with Gasteiger partial charge in [-0.1, -0.05) is 0 Å². The van der Waals surface area contributed by atoms with E-state index in [4.69, 9.17) is 38.0 Å². The van der Waals surface area contributed by atoms with Gasteiger partial charge in [-0.3, -0.25) is 0 Å². The molecule has 0 aromatic heterocycles. The van der Waals surface area contributed by atoms with Crippen molar-refractivity contribution in [3.63, 3.8) is 0 Å². The third kappa shape index (κ3) is 8.42. The molecule has 0 aliphatic carbocycles. The van der Waals surface area contributed by atoms with E-state index in [2.05, 4.69) is 0 Å². The Morgan fingerprint density at radius 1 is 0.615 bits per heavy atom. The van der Waals surface area contributed by atoms with Crippen LogP contribution in [0.15, 0.2) is 0 Å². The van der Waals surface area contributed by atoms with Crippen molar-refractivity contribution in [2.45, 2.75) is 56.2 Å². The van der Waals surface area contributed by atoms with Gasteiger partial charge < -0.3 is 38.0 Å². The minimum Gasteiger partial charge on any atom is -0.377 e. The molecule has 0 spiro atoms. The second-order valence-corrected chi connectivity index (χ2v) is 12.7. The van der Waals surface area contributed by atoms with Crippen LogP contribution in [-0.4, -0.2) is 72.4 Å². The SMILES string of the molecule is CO[Si](CCCC(N)(CCCN)CCC[Si](OC)(OC)OC)(OC)OC. The Kier molecular flexibility index (Phi) is 13.4. The first-order valence-electron chi connectivity index (χ1n) is 9.14. The van der Waals surface area contributed by atoms with E-state index in [1.54, 1.807) is 42.7 Å². The first kappa shape index (κ1) is 26.1. The van der Waals surface area contributed by atoms with Crippen LogP contribution in [0.25, 0.3) is 0 Å². The van der Waals surface area contributed by atoms with Crippen LogP contribution in [0.4, 0.5) is 0 Å². The van der Waals surface area contributed by atoms with Gasteiger partial charge in [0.25, 0.3) is 0 Å². The number of hydrogen-bond acceptors (Lipinski definition) is 8. The summed E-state index contributed by atoms with van der Waals surface area (Å²) in [4.78, 5) is 0. The maximum Gasteiger partial charge on any atom is 0.500 e. The minimum absolute atomic E-state index is 0.288. The van der Waals surface area contributed by atoms with Crippen LogP contribution in [0.2, 0.25) is 12.1 Å². The molecule has 26 heavy (non-hydrogen) atoms. The third-order valence-corrected chi connectivity index (χ3v) is 10.7. The summed E-state index contributed by atoms with van der Waals surface area (Å²) in [5.74, 6) is 0. The van der Waals surface area contributed by atoms with Gasteiger partial charge in [-0.25, -0.2) is 0 Å². The summed E-state index contributed by atoms with van der Waals surface area (Å²) in [6.45, 7) is 0.638. The Morgan fingerprint density at radius 3 is 1.19 bits per heavy atom. The standard InChI is InChI=1S/C16H40N2O6Si2/c1-19-25(20-2,21-3)14-8-11-16(18,10-7-13-17)12-9-15-26(22-4,23-5)24-6/h7-15,17-18H2,1-6H3. The number of nitrogens with two attached hydrogens (primary N) is 2. The molecule has 0 heterocycles. The zero-order valence-electron chi connectivity index (χ0n) is 17.5. The number of hydrogen-bond donors (Lipinski definition) is 2. The van der Waals surface area contributed by atoms with Gasteiger partial charge in [-0.15, -0.1) is 0 Å². The van der Waals surface area contributed by atoms with E-state index < -0.39 is 17.6 Å². The Morgan fingerprint density at radius 2 is 0.923 bits per heavy atom. The fraction of sp³-hybridized carbons (Fsp3) is 1.00. The van der Waals surface area contributed by atoms with Gasteiger partial charge in [-0.2, -0.15) is 0 Å². The molecular formula is C16H40N2O6Si2. The molecule has 0 bridgehead atoms. The fourth-order valence-corrected chi connectivity index (χ4v) is 6.70. The summed E-state index contributed by atoms with van der Waals surface area (Å²) >= 11 is 0. The van der Waals surface area contributed by atoms with Gasteiger partial charge in [0.1, 0.15) is 0 Å². The first-order chi connectivity index (χ1) is 12.3. The predicted octanol–water partition coefficient (Wildman–Crippen LogP) is 1.74. The monoisotopic (exact) mass is 412 g/mol. The second kappa shape index (κ2) is 13.3. The lowest BCUT2D eigenvalue weighted by atomic mass is 9.85. The van der Waals surface area contributed by atoms with E-state index in [0.717, 1.165) is 50.6 Å². The highest BCUT2D eigenvalue weighted by atomic mass is 28.4. The fourth-order valence-electron chi connectivity index (χ4n) is 3.26. The largest absolute Gasteiger partial charge is 0.500 e. The summed E-state index contributed by atoms with van der Waals surface area (Å²) in [7, 11) is 4.68. The minimum atomic E-state index is -2.56. The molecule has 0 aliphatic heterocycles. The third-order valence-electron chi connectivity index (χ3n) is 5.06. The molecule has 0 saturated heterocycles. The van der Waals surface area contributed by atoms with E-state index in [0.29, 0.717) is 6.54 Å². The van der Waals surface area contributed by atoms with Gasteiger partial charge in [0.15, 0.2) is 0 Å². The Balaban J connectivity index is 4.73. The average Bonchev–Trinajstić information content (AvgIpc) is 2.68. The topological polar surface area (TPSA) is 107 Å². The van der Waals surface area contributed by atoms with Crippen LogP contribution >= 0.6 is 0 Å². The molecule has 0 unspecified atom stereocenters. The van der Waals surface area contributed by atoms with Crippen LogP contribution in [-0.2, 0) is 26.6 Å². The van der Waals surface area contributed by atoms with Crippen molar-refractivity contribution in [2.75, 3.05) is 49.2 Å². The summed E-state index contributed by atoms with van der Waals surface area (Å²) in [6, 6.07) is 1.48. The lowest BCUT2D eigenvalue weighted by Gasteiger charge is -2.32. The van der Waals surface area contributed by atoms with Crippen LogP contribution in [0.5, 0.6) is 0 Å². The van der Waals surface area contributed by atoms with E-state index in [1.165, 1.54) is 0 Å². The van der Waals surface area contributed by atoms with Crippen molar-refractivity contribution in [3.8, 4) is 0 Å². The van der Waals surface area contributed by atoms with Crippen LogP contribution < -0.4 is 11.5 Å². The maximum absolute atomic E-state index is 6.72. The summed E-state index contributed by atoms with van der Waals surface area (Å²) in [5.41, 5.74) is 12.1. The molecule has 4 N–H and O–H groups in total.